The van der Waals surface area contributed by atoms with Gasteiger partial charge >= 0.3 is 0 Å². The van der Waals surface area contributed by atoms with Crippen LogP contribution in [0.2, 0.25) is 0 Å². The highest BCUT2D eigenvalue weighted by Gasteiger charge is 2.16. The average Bonchev–Trinajstić information content (AvgIpc) is 2.64. The highest BCUT2D eigenvalue weighted by Crippen LogP contribution is 2.20. The fraction of sp³-hybridized carbons (Fsp3) is 0.350. The van der Waals surface area contributed by atoms with E-state index < -0.39 is 6.10 Å². The van der Waals surface area contributed by atoms with E-state index in [1.165, 1.54) is 5.69 Å². The van der Waals surface area contributed by atoms with Crippen LogP contribution in [0.4, 0.5) is 11.4 Å². The molecule has 2 aromatic rings. The van der Waals surface area contributed by atoms with E-state index in [2.05, 4.69) is 34.3 Å². The number of carbonyl (C=O) groups excluding carboxylic acids is 1. The quantitative estimate of drug-likeness (QED) is 0.910. The topological polar surface area (TPSA) is 44.8 Å². The van der Waals surface area contributed by atoms with Crippen molar-refractivity contribution in [3.05, 3.63) is 54.6 Å². The SMILES string of the molecule is C[C@@H](Oc1ccccc1)C(=O)Nc1ccc(N2CCN(C)CC2)cc1. The Labute approximate surface area is 149 Å². The van der Waals surface area contributed by atoms with Gasteiger partial charge in [-0.1, -0.05) is 18.2 Å². The Morgan fingerprint density at radius 1 is 1.00 bits per heavy atom. The van der Waals surface area contributed by atoms with E-state index in [1.807, 2.05) is 42.5 Å². The summed E-state index contributed by atoms with van der Waals surface area (Å²) in [6, 6.07) is 17.4. The van der Waals surface area contributed by atoms with E-state index in [9.17, 15) is 4.79 Å². The van der Waals surface area contributed by atoms with Crippen LogP contribution in [0, 0.1) is 0 Å². The van der Waals surface area contributed by atoms with Crippen LogP contribution in [0.25, 0.3) is 0 Å². The predicted molar refractivity (Wildman–Crippen MR) is 101 cm³/mol. The highest BCUT2D eigenvalue weighted by molar-refractivity contribution is 5.94. The fourth-order valence-corrected chi connectivity index (χ4v) is 2.82. The molecule has 1 aliphatic rings. The number of nitrogens with zero attached hydrogens (tertiary/aromatic N) is 2. The molecular formula is C20H25N3O2. The third kappa shape index (κ3) is 4.73. The Kier molecular flexibility index (Phi) is 5.56. The molecule has 1 N–H and O–H groups in total. The van der Waals surface area contributed by atoms with Gasteiger partial charge in [-0.05, 0) is 50.4 Å². The van der Waals surface area contributed by atoms with Gasteiger partial charge in [-0.3, -0.25) is 4.79 Å². The van der Waals surface area contributed by atoms with Gasteiger partial charge in [0.15, 0.2) is 6.10 Å². The summed E-state index contributed by atoms with van der Waals surface area (Å²) in [4.78, 5) is 17.0. The van der Waals surface area contributed by atoms with Gasteiger partial charge in [-0.15, -0.1) is 0 Å². The molecular weight excluding hydrogens is 314 g/mol. The van der Waals surface area contributed by atoms with Crippen LogP contribution in [0.15, 0.2) is 54.6 Å². The number of anilines is 2. The average molecular weight is 339 g/mol. The van der Waals surface area contributed by atoms with Gasteiger partial charge in [0.1, 0.15) is 5.75 Å². The van der Waals surface area contributed by atoms with Crippen LogP contribution in [-0.2, 0) is 4.79 Å². The second-order valence-corrected chi connectivity index (χ2v) is 6.40. The molecule has 0 aromatic heterocycles. The van der Waals surface area contributed by atoms with Gasteiger partial charge in [-0.2, -0.15) is 0 Å². The number of nitrogens with one attached hydrogen (secondary N) is 1. The predicted octanol–water partition coefficient (Wildman–Crippen LogP) is 2.84. The second-order valence-electron chi connectivity index (χ2n) is 6.40. The Morgan fingerprint density at radius 3 is 2.28 bits per heavy atom. The molecule has 1 atom stereocenters. The van der Waals surface area contributed by atoms with Gasteiger partial charge in [0.25, 0.3) is 5.91 Å². The van der Waals surface area contributed by atoms with Crippen molar-refractivity contribution in [1.29, 1.82) is 0 Å². The van der Waals surface area contributed by atoms with Crippen LogP contribution < -0.4 is 15.0 Å². The zero-order chi connectivity index (χ0) is 17.6. The van der Waals surface area contributed by atoms with Crippen molar-refractivity contribution in [2.75, 3.05) is 43.4 Å². The maximum Gasteiger partial charge on any atom is 0.265 e. The normalized spacial score (nSPS) is 16.3. The smallest absolute Gasteiger partial charge is 0.265 e. The first-order chi connectivity index (χ1) is 12.1. The van der Waals surface area contributed by atoms with E-state index in [0.717, 1.165) is 31.9 Å². The lowest BCUT2D eigenvalue weighted by Gasteiger charge is -2.34. The molecule has 5 nitrogen and oxygen atoms in total. The molecule has 1 saturated heterocycles. The summed E-state index contributed by atoms with van der Waals surface area (Å²) in [5.41, 5.74) is 1.98. The maximum absolute atomic E-state index is 12.3. The van der Waals surface area contributed by atoms with E-state index in [0.29, 0.717) is 5.75 Å². The van der Waals surface area contributed by atoms with Gasteiger partial charge in [0.2, 0.25) is 0 Å². The summed E-state index contributed by atoms with van der Waals surface area (Å²) in [6.07, 6.45) is -0.556. The van der Waals surface area contributed by atoms with Crippen molar-refractivity contribution in [2.45, 2.75) is 13.0 Å². The second kappa shape index (κ2) is 8.03. The maximum atomic E-state index is 12.3. The van der Waals surface area contributed by atoms with Gasteiger partial charge in [-0.25, -0.2) is 0 Å². The number of amides is 1. The van der Waals surface area contributed by atoms with Crippen LogP contribution in [0.3, 0.4) is 0 Å². The number of hydrogen-bond acceptors (Lipinski definition) is 4. The summed E-state index contributed by atoms with van der Waals surface area (Å²) < 4.78 is 5.65. The molecule has 25 heavy (non-hydrogen) atoms. The number of ether oxygens (including phenoxy) is 1. The molecule has 2 aromatic carbocycles. The van der Waals surface area contributed by atoms with Crippen molar-refractivity contribution in [3.63, 3.8) is 0 Å². The monoisotopic (exact) mass is 339 g/mol. The van der Waals surface area contributed by atoms with E-state index >= 15 is 0 Å². The molecule has 1 fully saturated rings. The number of likely N-dealkylation sites (N-methyl/N-ethyl adjacent to an activating group) is 1. The third-order valence-corrected chi connectivity index (χ3v) is 4.43. The summed E-state index contributed by atoms with van der Waals surface area (Å²) in [6.45, 7) is 5.97. The lowest BCUT2D eigenvalue weighted by molar-refractivity contribution is -0.122. The molecule has 0 aliphatic carbocycles. The van der Waals surface area contributed by atoms with Gasteiger partial charge < -0.3 is 19.9 Å². The van der Waals surface area contributed by atoms with Gasteiger partial charge in [0.05, 0.1) is 0 Å². The van der Waals surface area contributed by atoms with Crippen molar-refractivity contribution in [2.24, 2.45) is 0 Å². The number of carbonyl (C=O) groups is 1. The van der Waals surface area contributed by atoms with Crippen molar-refractivity contribution in [3.8, 4) is 5.75 Å². The lowest BCUT2D eigenvalue weighted by Crippen LogP contribution is -2.44. The van der Waals surface area contributed by atoms with Crippen LogP contribution in [-0.4, -0.2) is 50.1 Å². The van der Waals surface area contributed by atoms with E-state index in [4.69, 9.17) is 4.74 Å². The lowest BCUT2D eigenvalue weighted by atomic mass is 10.2. The Balaban J connectivity index is 1.54. The minimum Gasteiger partial charge on any atom is -0.481 e. The molecule has 0 spiro atoms. The third-order valence-electron chi connectivity index (χ3n) is 4.43. The van der Waals surface area contributed by atoms with Crippen LogP contribution >= 0.6 is 0 Å². The molecule has 0 unspecified atom stereocenters. The number of rotatable bonds is 5. The van der Waals surface area contributed by atoms with Gasteiger partial charge in [0, 0.05) is 37.6 Å². The Morgan fingerprint density at radius 2 is 1.64 bits per heavy atom. The van der Waals surface area contributed by atoms with Crippen LogP contribution in [0.1, 0.15) is 6.92 Å². The Bertz CT molecular complexity index is 680. The standard InChI is InChI=1S/C20H25N3O2/c1-16(25-19-6-4-3-5-7-19)20(24)21-17-8-10-18(11-9-17)23-14-12-22(2)13-15-23/h3-11,16H,12-15H2,1-2H3,(H,21,24)/t16-/m1/s1. The first-order valence-electron chi connectivity index (χ1n) is 8.68. The first kappa shape index (κ1) is 17.3. The van der Waals surface area contributed by atoms with Crippen LogP contribution in [0.5, 0.6) is 5.75 Å². The zero-order valence-corrected chi connectivity index (χ0v) is 14.8. The molecule has 0 bridgehead atoms. The van der Waals surface area contributed by atoms with Crippen molar-refractivity contribution < 1.29 is 9.53 Å². The van der Waals surface area contributed by atoms with E-state index in [-0.39, 0.29) is 5.91 Å². The number of hydrogen-bond donors (Lipinski definition) is 1. The zero-order valence-electron chi connectivity index (χ0n) is 14.8. The number of para-hydroxylation sites is 1. The molecule has 1 aliphatic heterocycles. The summed E-state index contributed by atoms with van der Waals surface area (Å²) >= 11 is 0. The summed E-state index contributed by atoms with van der Waals surface area (Å²) in [7, 11) is 2.15. The molecule has 3 rings (SSSR count). The fourth-order valence-electron chi connectivity index (χ4n) is 2.82. The number of benzene rings is 2. The van der Waals surface area contributed by atoms with Crippen molar-refractivity contribution >= 4 is 17.3 Å². The molecule has 0 radical (unpaired) electrons. The Hall–Kier alpha value is -2.53. The van der Waals surface area contributed by atoms with Crippen molar-refractivity contribution in [1.82, 2.24) is 4.90 Å². The number of piperazine rings is 1. The highest BCUT2D eigenvalue weighted by atomic mass is 16.5. The summed E-state index contributed by atoms with van der Waals surface area (Å²) in [5, 5.41) is 2.91. The first-order valence-corrected chi connectivity index (χ1v) is 8.68. The molecule has 1 amide bonds. The molecule has 0 saturated carbocycles. The minimum absolute atomic E-state index is 0.156. The largest absolute Gasteiger partial charge is 0.481 e. The summed E-state index contributed by atoms with van der Waals surface area (Å²) in [5.74, 6) is 0.534. The molecule has 132 valence electrons. The molecule has 5 heteroatoms. The minimum atomic E-state index is -0.556. The molecule has 1 heterocycles. The van der Waals surface area contributed by atoms with E-state index in [1.54, 1.807) is 6.92 Å².